The summed E-state index contributed by atoms with van der Waals surface area (Å²) in [6, 6.07) is 0. The standard InChI is InChI=1S/C21H32N4O3/c1-2-18-22-8-12-23(18)9-5-19(26)24-10-6-21(7-11-24)14-20(27)25(16-21)15-17-4-3-13-28-17/h8,12,17H,2-7,9-11,13-16H2,1H3/t17-/m0/s1. The minimum Gasteiger partial charge on any atom is -0.376 e. The maximum Gasteiger partial charge on any atom is 0.224 e. The van der Waals surface area contributed by atoms with E-state index in [0.717, 1.165) is 70.7 Å². The molecule has 0 radical (unpaired) electrons. The molecule has 3 aliphatic rings. The van der Waals surface area contributed by atoms with Gasteiger partial charge in [0.25, 0.3) is 0 Å². The summed E-state index contributed by atoms with van der Waals surface area (Å²) in [5.74, 6) is 1.51. The van der Waals surface area contributed by atoms with Crippen molar-refractivity contribution in [1.29, 1.82) is 0 Å². The smallest absolute Gasteiger partial charge is 0.224 e. The van der Waals surface area contributed by atoms with Gasteiger partial charge in [0.05, 0.1) is 6.10 Å². The van der Waals surface area contributed by atoms with E-state index in [-0.39, 0.29) is 23.3 Å². The molecule has 0 unspecified atom stereocenters. The zero-order valence-electron chi connectivity index (χ0n) is 16.9. The lowest BCUT2D eigenvalue weighted by Crippen LogP contribution is -2.44. The Bertz CT molecular complexity index is 702. The molecule has 4 rings (SSSR count). The number of carbonyl (C=O) groups is 2. The highest BCUT2D eigenvalue weighted by Gasteiger charge is 2.45. The fraction of sp³-hybridized carbons (Fsp3) is 0.762. The Balaban J connectivity index is 1.26. The van der Waals surface area contributed by atoms with E-state index in [0.29, 0.717) is 19.4 Å². The van der Waals surface area contributed by atoms with E-state index in [9.17, 15) is 9.59 Å². The molecule has 0 saturated carbocycles. The van der Waals surface area contributed by atoms with Crippen LogP contribution in [-0.2, 0) is 27.3 Å². The quantitative estimate of drug-likeness (QED) is 0.746. The van der Waals surface area contributed by atoms with E-state index in [1.807, 2.05) is 16.0 Å². The molecule has 1 spiro atoms. The highest BCUT2D eigenvalue weighted by atomic mass is 16.5. The molecule has 3 saturated heterocycles. The number of imidazole rings is 1. The lowest BCUT2D eigenvalue weighted by Gasteiger charge is -2.39. The van der Waals surface area contributed by atoms with Gasteiger partial charge in [-0.15, -0.1) is 0 Å². The first-order chi connectivity index (χ1) is 13.6. The molecule has 3 aliphatic heterocycles. The molecule has 7 nitrogen and oxygen atoms in total. The second kappa shape index (κ2) is 8.23. The van der Waals surface area contributed by atoms with Crippen LogP contribution in [0.5, 0.6) is 0 Å². The number of aromatic nitrogens is 2. The predicted molar refractivity (Wildman–Crippen MR) is 105 cm³/mol. The number of likely N-dealkylation sites (tertiary alicyclic amines) is 2. The average Bonchev–Trinajstić information content (AvgIpc) is 3.42. The number of piperidine rings is 1. The minimum absolute atomic E-state index is 0.0617. The number of hydrogen-bond donors (Lipinski definition) is 0. The fourth-order valence-corrected chi connectivity index (χ4v) is 4.98. The van der Waals surface area contributed by atoms with Crippen LogP contribution in [0.2, 0.25) is 0 Å². The normalized spacial score (nSPS) is 24.5. The molecule has 0 aliphatic carbocycles. The molecule has 1 aromatic rings. The van der Waals surface area contributed by atoms with Gasteiger partial charge in [-0.2, -0.15) is 0 Å². The average molecular weight is 389 g/mol. The summed E-state index contributed by atoms with van der Waals surface area (Å²) in [6.07, 6.45) is 10.0. The molecular weight excluding hydrogens is 356 g/mol. The van der Waals surface area contributed by atoms with E-state index in [4.69, 9.17) is 4.74 Å². The minimum atomic E-state index is 0.0617. The van der Waals surface area contributed by atoms with Crippen LogP contribution in [-0.4, -0.2) is 70.1 Å². The summed E-state index contributed by atoms with van der Waals surface area (Å²) in [5, 5.41) is 0. The van der Waals surface area contributed by atoms with E-state index in [1.54, 1.807) is 6.20 Å². The van der Waals surface area contributed by atoms with Crippen molar-refractivity contribution in [3.63, 3.8) is 0 Å². The number of rotatable bonds is 6. The molecule has 0 N–H and O–H groups in total. The zero-order chi connectivity index (χ0) is 19.6. The monoisotopic (exact) mass is 388 g/mol. The van der Waals surface area contributed by atoms with Crippen molar-refractivity contribution in [2.24, 2.45) is 5.41 Å². The fourth-order valence-electron chi connectivity index (χ4n) is 4.98. The molecule has 28 heavy (non-hydrogen) atoms. The zero-order valence-corrected chi connectivity index (χ0v) is 16.9. The van der Waals surface area contributed by atoms with Crippen molar-refractivity contribution in [1.82, 2.24) is 19.4 Å². The van der Waals surface area contributed by atoms with Crippen LogP contribution >= 0.6 is 0 Å². The van der Waals surface area contributed by atoms with Gasteiger partial charge in [-0.3, -0.25) is 9.59 Å². The number of carbonyl (C=O) groups excluding carboxylic acids is 2. The third-order valence-electron chi connectivity index (χ3n) is 6.71. The highest BCUT2D eigenvalue weighted by Crippen LogP contribution is 2.41. The van der Waals surface area contributed by atoms with Gasteiger partial charge in [0.15, 0.2) is 0 Å². The summed E-state index contributed by atoms with van der Waals surface area (Å²) in [4.78, 5) is 33.5. The third-order valence-corrected chi connectivity index (χ3v) is 6.71. The first kappa shape index (κ1) is 19.4. The number of aryl methyl sites for hydroxylation is 2. The Labute approximate surface area is 167 Å². The van der Waals surface area contributed by atoms with Crippen LogP contribution in [0.3, 0.4) is 0 Å². The summed E-state index contributed by atoms with van der Waals surface area (Å²) < 4.78 is 7.78. The van der Waals surface area contributed by atoms with Gasteiger partial charge in [-0.05, 0) is 25.7 Å². The number of nitrogens with zero attached hydrogens (tertiary/aromatic N) is 4. The molecule has 7 heteroatoms. The summed E-state index contributed by atoms with van der Waals surface area (Å²) in [6.45, 7) is 6.71. The molecule has 3 fully saturated rings. The van der Waals surface area contributed by atoms with Gasteiger partial charge < -0.3 is 19.1 Å². The molecule has 0 aromatic carbocycles. The van der Waals surface area contributed by atoms with Gasteiger partial charge in [-0.25, -0.2) is 4.98 Å². The highest BCUT2D eigenvalue weighted by molar-refractivity contribution is 5.80. The van der Waals surface area contributed by atoms with Gasteiger partial charge in [0.1, 0.15) is 5.82 Å². The van der Waals surface area contributed by atoms with Gasteiger partial charge in [0.2, 0.25) is 11.8 Å². The topological polar surface area (TPSA) is 67.7 Å². The van der Waals surface area contributed by atoms with Gasteiger partial charge in [-0.1, -0.05) is 6.92 Å². The molecule has 154 valence electrons. The second-order valence-corrected chi connectivity index (χ2v) is 8.61. The molecule has 0 bridgehead atoms. The number of amides is 2. The van der Waals surface area contributed by atoms with Crippen molar-refractivity contribution in [3.05, 3.63) is 18.2 Å². The lowest BCUT2D eigenvalue weighted by atomic mass is 9.77. The van der Waals surface area contributed by atoms with Crippen molar-refractivity contribution >= 4 is 11.8 Å². The summed E-state index contributed by atoms with van der Waals surface area (Å²) >= 11 is 0. The Morgan fingerprint density at radius 3 is 2.89 bits per heavy atom. The summed E-state index contributed by atoms with van der Waals surface area (Å²) in [7, 11) is 0. The van der Waals surface area contributed by atoms with E-state index in [1.165, 1.54) is 0 Å². The molecule has 4 heterocycles. The first-order valence-corrected chi connectivity index (χ1v) is 10.8. The molecule has 1 atom stereocenters. The van der Waals surface area contributed by atoms with Crippen LogP contribution in [0.4, 0.5) is 0 Å². The van der Waals surface area contributed by atoms with Crippen molar-refractivity contribution in [2.45, 2.75) is 64.5 Å². The Kier molecular flexibility index (Phi) is 5.71. The van der Waals surface area contributed by atoms with Crippen molar-refractivity contribution in [2.75, 3.05) is 32.8 Å². The Morgan fingerprint density at radius 2 is 2.18 bits per heavy atom. The molecule has 2 amide bonds. The third kappa shape index (κ3) is 4.09. The van der Waals surface area contributed by atoms with Gasteiger partial charge >= 0.3 is 0 Å². The SMILES string of the molecule is CCc1nccn1CCC(=O)N1CCC2(CC1)CC(=O)N(C[C@@H]1CCCO1)C2. The lowest BCUT2D eigenvalue weighted by molar-refractivity contribution is -0.133. The Hall–Kier alpha value is -1.89. The maximum absolute atomic E-state index is 12.7. The summed E-state index contributed by atoms with van der Waals surface area (Å²) in [5.41, 5.74) is 0.0617. The van der Waals surface area contributed by atoms with E-state index < -0.39 is 0 Å². The number of ether oxygens (including phenoxy) is 1. The van der Waals surface area contributed by atoms with Crippen LogP contribution in [0.1, 0.15) is 51.3 Å². The van der Waals surface area contributed by atoms with E-state index >= 15 is 0 Å². The predicted octanol–water partition coefficient (Wildman–Crippen LogP) is 1.86. The molecule has 1 aromatic heterocycles. The van der Waals surface area contributed by atoms with Crippen LogP contribution in [0, 0.1) is 5.41 Å². The largest absolute Gasteiger partial charge is 0.376 e. The van der Waals surface area contributed by atoms with Crippen LogP contribution in [0.15, 0.2) is 12.4 Å². The van der Waals surface area contributed by atoms with Crippen LogP contribution < -0.4 is 0 Å². The van der Waals surface area contributed by atoms with Crippen LogP contribution in [0.25, 0.3) is 0 Å². The maximum atomic E-state index is 12.7. The number of hydrogen-bond acceptors (Lipinski definition) is 4. The second-order valence-electron chi connectivity index (χ2n) is 8.61. The Morgan fingerprint density at radius 1 is 1.36 bits per heavy atom. The van der Waals surface area contributed by atoms with Crippen molar-refractivity contribution in [3.8, 4) is 0 Å². The van der Waals surface area contributed by atoms with Gasteiger partial charge in [0, 0.05) is 76.4 Å². The molecular formula is C21H32N4O3. The van der Waals surface area contributed by atoms with E-state index in [2.05, 4.69) is 16.5 Å². The van der Waals surface area contributed by atoms with Crippen molar-refractivity contribution < 1.29 is 14.3 Å². The first-order valence-electron chi connectivity index (χ1n) is 10.8.